The van der Waals surface area contributed by atoms with E-state index >= 15 is 0 Å². The van der Waals surface area contributed by atoms with Crippen molar-refractivity contribution in [3.8, 4) is 22.6 Å². The number of anilines is 2. The van der Waals surface area contributed by atoms with Crippen LogP contribution in [0.3, 0.4) is 0 Å². The second kappa shape index (κ2) is 11.8. The van der Waals surface area contributed by atoms with Crippen molar-refractivity contribution in [1.29, 1.82) is 0 Å². The summed E-state index contributed by atoms with van der Waals surface area (Å²) in [6.45, 7) is 3.07. The number of amides is 2. The highest BCUT2D eigenvalue weighted by Crippen LogP contribution is 2.36. The van der Waals surface area contributed by atoms with Gasteiger partial charge in [0.2, 0.25) is 5.91 Å². The molecule has 2 amide bonds. The van der Waals surface area contributed by atoms with E-state index in [1.54, 1.807) is 37.4 Å². The van der Waals surface area contributed by atoms with Crippen LogP contribution >= 0.6 is 11.3 Å². The minimum absolute atomic E-state index is 0.187. The van der Waals surface area contributed by atoms with E-state index < -0.39 is 18.5 Å². The molecular weight excluding hydrogens is 468 g/mol. The van der Waals surface area contributed by atoms with Crippen LogP contribution in [0.25, 0.3) is 11.1 Å². The maximum absolute atomic E-state index is 13.1. The fraction of sp³-hybridized carbons (Fsp3) is 0.192. The summed E-state index contributed by atoms with van der Waals surface area (Å²) in [6, 6.07) is 14.2. The number of methoxy groups -OCH3 is 2. The van der Waals surface area contributed by atoms with Gasteiger partial charge < -0.3 is 24.8 Å². The molecule has 0 aliphatic carbocycles. The van der Waals surface area contributed by atoms with Crippen molar-refractivity contribution in [3.05, 3.63) is 71.1 Å². The van der Waals surface area contributed by atoms with E-state index in [1.807, 2.05) is 30.3 Å². The lowest BCUT2D eigenvalue weighted by atomic mass is 10.0. The van der Waals surface area contributed by atoms with Crippen LogP contribution in [-0.2, 0) is 14.3 Å². The van der Waals surface area contributed by atoms with Gasteiger partial charge in [-0.25, -0.2) is 4.79 Å². The summed E-state index contributed by atoms with van der Waals surface area (Å²) >= 11 is 1.21. The number of hydrogen-bond acceptors (Lipinski definition) is 7. The van der Waals surface area contributed by atoms with E-state index in [0.29, 0.717) is 27.8 Å². The van der Waals surface area contributed by atoms with E-state index in [4.69, 9.17) is 14.2 Å². The van der Waals surface area contributed by atoms with Gasteiger partial charge in [0.1, 0.15) is 22.1 Å². The molecule has 0 radical (unpaired) electrons. The third-order valence-corrected chi connectivity index (χ3v) is 5.65. The summed E-state index contributed by atoms with van der Waals surface area (Å²) < 4.78 is 15.7. The average molecular weight is 495 g/mol. The number of ether oxygens (including phenoxy) is 3. The highest BCUT2D eigenvalue weighted by molar-refractivity contribution is 7.15. The summed E-state index contributed by atoms with van der Waals surface area (Å²) in [5.74, 6) is -0.662. The van der Waals surface area contributed by atoms with Gasteiger partial charge in [-0.15, -0.1) is 11.3 Å². The molecule has 0 aliphatic heterocycles. The van der Waals surface area contributed by atoms with Gasteiger partial charge in [-0.3, -0.25) is 9.59 Å². The van der Waals surface area contributed by atoms with Gasteiger partial charge >= 0.3 is 5.97 Å². The molecule has 0 fully saturated rings. The van der Waals surface area contributed by atoms with Crippen LogP contribution in [0.1, 0.15) is 24.2 Å². The molecule has 1 heterocycles. The summed E-state index contributed by atoms with van der Waals surface area (Å²) in [4.78, 5) is 37.9. The molecule has 35 heavy (non-hydrogen) atoms. The first kappa shape index (κ1) is 25.5. The molecule has 8 nitrogen and oxygen atoms in total. The lowest BCUT2D eigenvalue weighted by Crippen LogP contribution is -2.22. The second-order valence-corrected chi connectivity index (χ2v) is 8.50. The fourth-order valence-corrected chi connectivity index (χ4v) is 4.14. The highest BCUT2D eigenvalue weighted by Gasteiger charge is 2.23. The molecule has 182 valence electrons. The number of esters is 1. The van der Waals surface area contributed by atoms with E-state index in [9.17, 15) is 14.4 Å². The summed E-state index contributed by atoms with van der Waals surface area (Å²) in [5, 5.41) is 7.51. The fourth-order valence-electron chi connectivity index (χ4n) is 3.18. The topological polar surface area (TPSA) is 103 Å². The minimum Gasteiger partial charge on any atom is -0.497 e. The molecule has 0 saturated heterocycles. The monoisotopic (exact) mass is 494 g/mol. The Balaban J connectivity index is 1.78. The summed E-state index contributed by atoms with van der Waals surface area (Å²) in [7, 11) is 2.99. The number of thiophene rings is 1. The molecule has 0 bridgehead atoms. The van der Waals surface area contributed by atoms with Crippen molar-refractivity contribution >= 4 is 39.8 Å². The molecule has 0 aliphatic rings. The number of carbonyl (C=O) groups excluding carboxylic acids is 3. The number of hydrogen-bond donors (Lipinski definition) is 2. The Bertz CT molecular complexity index is 1250. The maximum Gasteiger partial charge on any atom is 0.342 e. The Labute approximate surface area is 207 Å². The predicted molar refractivity (Wildman–Crippen MR) is 136 cm³/mol. The minimum atomic E-state index is -0.727. The zero-order chi connectivity index (χ0) is 25.4. The number of carbonyl (C=O) groups is 3. The first-order valence-corrected chi connectivity index (χ1v) is 11.5. The highest BCUT2D eigenvalue weighted by atomic mass is 32.1. The third-order valence-electron chi connectivity index (χ3n) is 4.75. The molecular formula is C26H26N2O6S. The van der Waals surface area contributed by atoms with Crippen LogP contribution < -0.4 is 20.1 Å². The number of allylic oxidation sites excluding steroid dienone is 1. The van der Waals surface area contributed by atoms with E-state index in [1.165, 1.54) is 31.6 Å². The van der Waals surface area contributed by atoms with Crippen LogP contribution in [0.15, 0.2) is 65.6 Å². The Morgan fingerprint density at radius 3 is 2.37 bits per heavy atom. The Kier molecular flexibility index (Phi) is 8.63. The quantitative estimate of drug-likeness (QED) is 0.316. The Morgan fingerprint density at radius 2 is 1.71 bits per heavy atom. The van der Waals surface area contributed by atoms with Crippen molar-refractivity contribution in [2.24, 2.45) is 0 Å². The second-order valence-electron chi connectivity index (χ2n) is 7.62. The van der Waals surface area contributed by atoms with Gasteiger partial charge in [0, 0.05) is 23.1 Å². The number of nitrogens with one attached hydrogen (secondary N) is 2. The van der Waals surface area contributed by atoms with Crippen LogP contribution in [0.5, 0.6) is 11.5 Å². The molecule has 0 saturated carbocycles. The molecule has 0 spiro atoms. The summed E-state index contributed by atoms with van der Waals surface area (Å²) in [6.07, 6.45) is 1.44. The van der Waals surface area contributed by atoms with Gasteiger partial charge in [0.05, 0.1) is 19.9 Å². The zero-order valence-electron chi connectivity index (χ0n) is 19.8. The molecule has 2 N–H and O–H groups in total. The van der Waals surface area contributed by atoms with E-state index in [-0.39, 0.29) is 11.5 Å². The van der Waals surface area contributed by atoms with Crippen molar-refractivity contribution in [1.82, 2.24) is 0 Å². The number of benzene rings is 2. The summed E-state index contributed by atoms with van der Waals surface area (Å²) in [5.41, 5.74) is 2.80. The number of rotatable bonds is 9. The van der Waals surface area contributed by atoms with Crippen molar-refractivity contribution in [2.75, 3.05) is 31.5 Å². The van der Waals surface area contributed by atoms with Crippen LogP contribution in [0, 0.1) is 0 Å². The van der Waals surface area contributed by atoms with Gasteiger partial charge in [0.25, 0.3) is 5.91 Å². The first-order chi connectivity index (χ1) is 16.8. The van der Waals surface area contributed by atoms with Crippen LogP contribution in [-0.4, -0.2) is 38.6 Å². The maximum atomic E-state index is 13.1. The first-order valence-electron chi connectivity index (χ1n) is 10.6. The largest absolute Gasteiger partial charge is 0.497 e. The van der Waals surface area contributed by atoms with Crippen molar-refractivity contribution < 1.29 is 28.6 Å². The zero-order valence-corrected chi connectivity index (χ0v) is 20.7. The van der Waals surface area contributed by atoms with Gasteiger partial charge in [-0.05, 0) is 31.5 Å². The van der Waals surface area contributed by atoms with Crippen LogP contribution in [0.4, 0.5) is 10.7 Å². The van der Waals surface area contributed by atoms with E-state index in [2.05, 4.69) is 10.6 Å². The molecule has 2 aromatic carbocycles. The Hall–Kier alpha value is -4.11. The van der Waals surface area contributed by atoms with E-state index in [0.717, 1.165) is 11.1 Å². The SMILES string of the molecule is COc1ccc(NC(=O)COC(=O)c2c(-c3ccccc3)csc2NC(=O)C=C(C)C)c(OC)c1. The molecule has 3 rings (SSSR count). The van der Waals surface area contributed by atoms with Crippen molar-refractivity contribution in [2.45, 2.75) is 13.8 Å². The smallest absolute Gasteiger partial charge is 0.342 e. The standard InChI is InChI=1S/C26H26N2O6S/c1-16(2)12-22(29)28-25-24(19(15-35-25)17-8-6-5-7-9-17)26(31)34-14-23(30)27-20-11-10-18(32-3)13-21(20)33-4/h5-13,15H,14H2,1-4H3,(H,27,30)(H,28,29). The molecule has 3 aromatic rings. The predicted octanol–water partition coefficient (Wildman–Crippen LogP) is 5.13. The lowest BCUT2D eigenvalue weighted by molar-refractivity contribution is -0.119. The van der Waals surface area contributed by atoms with Gasteiger partial charge in [-0.2, -0.15) is 0 Å². The van der Waals surface area contributed by atoms with Gasteiger partial charge in [0.15, 0.2) is 6.61 Å². The van der Waals surface area contributed by atoms with Gasteiger partial charge in [-0.1, -0.05) is 35.9 Å². The third kappa shape index (κ3) is 6.70. The Morgan fingerprint density at radius 1 is 0.971 bits per heavy atom. The molecule has 9 heteroatoms. The molecule has 0 unspecified atom stereocenters. The normalized spacial score (nSPS) is 10.2. The lowest BCUT2D eigenvalue weighted by Gasteiger charge is -2.12. The van der Waals surface area contributed by atoms with Crippen molar-refractivity contribution in [3.63, 3.8) is 0 Å². The average Bonchev–Trinajstić information content (AvgIpc) is 3.26. The van der Waals surface area contributed by atoms with Crippen LogP contribution in [0.2, 0.25) is 0 Å². The molecule has 1 aromatic heterocycles. The molecule has 0 atom stereocenters.